The molecule has 9 rings (SSSR count). The fourth-order valence-electron chi connectivity index (χ4n) is 13.2. The van der Waals surface area contributed by atoms with E-state index in [9.17, 15) is 14.7 Å². The lowest BCUT2D eigenvalue weighted by Gasteiger charge is -2.63. The van der Waals surface area contributed by atoms with Crippen LogP contribution in [0.25, 0.3) is 10.9 Å². The van der Waals surface area contributed by atoms with Crippen molar-refractivity contribution in [2.45, 2.75) is 93.5 Å². The topological polar surface area (TPSA) is 134 Å². The summed E-state index contributed by atoms with van der Waals surface area (Å²) in [7, 11) is 5.94. The second kappa shape index (κ2) is 13.5. The number of esters is 3. The molecular weight excluding hydrogens is 763 g/mol. The molecule has 316 valence electrons. The molecule has 1 unspecified atom stereocenters. The first-order valence-electron chi connectivity index (χ1n) is 20.7. The second-order valence-corrected chi connectivity index (χ2v) is 18.0. The molecule has 2 saturated heterocycles. The van der Waals surface area contributed by atoms with Crippen molar-refractivity contribution in [2.75, 3.05) is 59.5 Å². The quantitative estimate of drug-likeness (QED) is 0.188. The van der Waals surface area contributed by atoms with Crippen molar-refractivity contribution < 1.29 is 47.2 Å². The Balaban J connectivity index is 1.35. The van der Waals surface area contributed by atoms with E-state index >= 15 is 13.6 Å². The van der Waals surface area contributed by atoms with E-state index in [-0.39, 0.29) is 31.3 Å². The van der Waals surface area contributed by atoms with Crippen LogP contribution < -0.4 is 9.64 Å². The Bertz CT molecular complexity index is 2270. The number of anilines is 1. The van der Waals surface area contributed by atoms with Crippen molar-refractivity contribution >= 4 is 34.5 Å². The van der Waals surface area contributed by atoms with Crippen molar-refractivity contribution in [3.05, 3.63) is 70.9 Å². The average molecular weight is 817 g/mol. The predicted molar refractivity (Wildman–Crippen MR) is 214 cm³/mol. The number of aliphatic hydroxyl groups is 1. The number of carbonyl (C=O) groups is 3. The molecule has 1 spiro atoms. The number of nitrogens with one attached hydrogen (secondary N) is 1. The highest BCUT2D eigenvalue weighted by atomic mass is 19.3. The average Bonchev–Trinajstić information content (AvgIpc) is 3.86. The van der Waals surface area contributed by atoms with Gasteiger partial charge in [0.15, 0.2) is 6.10 Å². The molecule has 5 aliphatic heterocycles. The highest BCUT2D eigenvalue weighted by molar-refractivity contribution is 5.95. The molecule has 3 fully saturated rings. The summed E-state index contributed by atoms with van der Waals surface area (Å²) in [5, 5.41) is 14.2. The lowest BCUT2D eigenvalue weighted by molar-refractivity contribution is -0.228. The number of H-pyrrole nitrogens is 1. The molecule has 0 amide bonds. The zero-order valence-electron chi connectivity index (χ0n) is 34.8. The maximum Gasteiger partial charge on any atom is 0.344 e. The number of fused-ring (bicyclic) bond motifs is 6. The van der Waals surface area contributed by atoms with Crippen LogP contribution in [0, 0.1) is 17.3 Å². The molecule has 10 atom stereocenters. The largest absolute Gasteiger partial charge is 0.496 e. The molecule has 14 heteroatoms. The van der Waals surface area contributed by atoms with Crippen LogP contribution in [0.5, 0.6) is 5.75 Å². The molecule has 6 heterocycles. The number of halogens is 2. The van der Waals surface area contributed by atoms with Crippen LogP contribution in [0.3, 0.4) is 0 Å². The Morgan fingerprint density at radius 1 is 1.03 bits per heavy atom. The first-order valence-corrected chi connectivity index (χ1v) is 20.7. The van der Waals surface area contributed by atoms with Crippen molar-refractivity contribution in [1.29, 1.82) is 0 Å². The van der Waals surface area contributed by atoms with Gasteiger partial charge in [0.25, 0.3) is 0 Å². The minimum Gasteiger partial charge on any atom is -0.496 e. The van der Waals surface area contributed by atoms with Gasteiger partial charge in [-0.3, -0.25) is 19.4 Å². The number of hydrogen-bond acceptors (Lipinski definition) is 11. The van der Waals surface area contributed by atoms with Crippen LogP contribution in [0.15, 0.2) is 48.6 Å². The number of likely N-dealkylation sites (N-methyl/N-ethyl adjacent to an activating group) is 1. The molecule has 59 heavy (non-hydrogen) atoms. The minimum absolute atomic E-state index is 0.155. The Morgan fingerprint density at radius 3 is 2.46 bits per heavy atom. The van der Waals surface area contributed by atoms with Crippen LogP contribution in [-0.4, -0.2) is 122 Å². The van der Waals surface area contributed by atoms with Crippen molar-refractivity contribution in [3.63, 3.8) is 0 Å². The first-order chi connectivity index (χ1) is 28.1. The smallest absolute Gasteiger partial charge is 0.344 e. The number of carbonyl (C=O) groups excluding carboxylic acids is 3. The lowest BCUT2D eigenvalue weighted by atomic mass is 9.47. The molecule has 1 saturated carbocycles. The zero-order valence-corrected chi connectivity index (χ0v) is 34.8. The SMILES string of the molecule is CC[C@]12C=CCN3CC[C@@]4(c5cc([C@]6(C(=O)OC)C[C@@H]7C[C@@H](C(C)(F)F)CN(Cc8c6[nH]c6ccccc86)C7)c(OC)cc5N(C)[C@H]4[C@@](O)(C(=O)OC)[C@@H]1OC(C)=O)[C@@H]32. The Hall–Kier alpha value is -4.53. The van der Waals surface area contributed by atoms with Crippen molar-refractivity contribution in [2.24, 2.45) is 17.3 Å². The maximum atomic E-state index is 15.3. The number of nitrogens with zero attached hydrogens (tertiary/aromatic N) is 3. The van der Waals surface area contributed by atoms with Gasteiger partial charge in [-0.25, -0.2) is 13.6 Å². The molecular formula is C45H54F2N4O8. The van der Waals surface area contributed by atoms with Gasteiger partial charge in [0.1, 0.15) is 11.2 Å². The predicted octanol–water partition coefficient (Wildman–Crippen LogP) is 5.08. The zero-order chi connectivity index (χ0) is 42.0. The summed E-state index contributed by atoms with van der Waals surface area (Å²) in [5.41, 5.74) is -1.64. The van der Waals surface area contributed by atoms with Crippen LogP contribution in [0.2, 0.25) is 0 Å². The van der Waals surface area contributed by atoms with Crippen LogP contribution in [0.4, 0.5) is 14.5 Å². The summed E-state index contributed by atoms with van der Waals surface area (Å²) >= 11 is 0. The summed E-state index contributed by atoms with van der Waals surface area (Å²) in [6, 6.07) is 10.3. The first kappa shape index (κ1) is 39.9. The standard InChI is InChI=1S/C45H54F2N4O8/c1-8-42-14-11-16-51-17-15-43(36(42)51)30-19-31(34(56-5)20-33(30)49(4)37(43)45(55,40(54)58-7)38(42)59-25(2)52)44(39(53)57-6)21-26-18-27(41(3,46)47)23-50(22-26)24-29-28-12-9-10-13-32(28)48-35(29)44/h9-14,19-20,26-27,36-38,48,55H,8,15-18,21-24H2,1-7H3/t26-,27+,36-,37+,38+,42+,43+,44+,45-/m0/s1. The van der Waals surface area contributed by atoms with Crippen LogP contribution >= 0.6 is 0 Å². The van der Waals surface area contributed by atoms with Gasteiger partial charge >= 0.3 is 17.9 Å². The molecule has 6 aliphatic rings. The highest BCUT2D eigenvalue weighted by Crippen LogP contribution is 2.68. The number of benzene rings is 2. The van der Waals surface area contributed by atoms with Gasteiger partial charge < -0.3 is 33.9 Å². The molecule has 12 nitrogen and oxygen atoms in total. The van der Waals surface area contributed by atoms with Gasteiger partial charge in [-0.15, -0.1) is 0 Å². The van der Waals surface area contributed by atoms with Gasteiger partial charge in [-0.1, -0.05) is 37.3 Å². The van der Waals surface area contributed by atoms with Gasteiger partial charge in [-0.05, 0) is 68.3 Å². The third-order valence-corrected chi connectivity index (χ3v) is 15.3. The lowest BCUT2D eigenvalue weighted by Crippen LogP contribution is -2.81. The third-order valence-electron chi connectivity index (χ3n) is 15.3. The monoisotopic (exact) mass is 816 g/mol. The van der Waals surface area contributed by atoms with E-state index in [0.717, 1.165) is 29.0 Å². The number of aromatic amines is 1. The highest BCUT2D eigenvalue weighted by Gasteiger charge is 2.80. The number of piperidine rings is 1. The van der Waals surface area contributed by atoms with E-state index in [1.807, 2.05) is 67.4 Å². The Kier molecular flexibility index (Phi) is 9.12. The molecule has 2 N–H and O–H groups in total. The molecule has 1 aliphatic carbocycles. The second-order valence-electron chi connectivity index (χ2n) is 18.0. The van der Waals surface area contributed by atoms with Crippen molar-refractivity contribution in [1.82, 2.24) is 14.8 Å². The third kappa shape index (κ3) is 5.17. The number of alkyl halides is 2. The van der Waals surface area contributed by atoms with E-state index in [2.05, 4.69) is 14.8 Å². The molecule has 1 aromatic heterocycles. The van der Waals surface area contributed by atoms with Crippen LogP contribution in [0.1, 0.15) is 68.8 Å². The van der Waals surface area contributed by atoms with Crippen molar-refractivity contribution in [3.8, 4) is 5.75 Å². The summed E-state index contributed by atoms with van der Waals surface area (Å²) < 4.78 is 54.3. The van der Waals surface area contributed by atoms with E-state index in [4.69, 9.17) is 18.9 Å². The van der Waals surface area contributed by atoms with E-state index in [0.29, 0.717) is 61.7 Å². The number of rotatable bonds is 7. The molecule has 3 aromatic rings. The number of para-hydroxylation sites is 1. The summed E-state index contributed by atoms with van der Waals surface area (Å²) in [5.74, 6) is -5.92. The summed E-state index contributed by atoms with van der Waals surface area (Å²) in [6.45, 7) is 6.55. The fraction of sp³-hybridized carbons (Fsp3) is 0.578. The van der Waals surface area contributed by atoms with Gasteiger partial charge in [0, 0.05) is 96.9 Å². The molecule has 0 radical (unpaired) electrons. The van der Waals surface area contributed by atoms with E-state index in [1.165, 1.54) is 28.3 Å². The number of methoxy groups -OCH3 is 3. The van der Waals surface area contributed by atoms with E-state index < -0.39 is 63.7 Å². The number of hydrogen-bond donors (Lipinski definition) is 2. The fourth-order valence-corrected chi connectivity index (χ4v) is 13.2. The Labute approximate surface area is 342 Å². The maximum absolute atomic E-state index is 15.3. The molecule has 2 bridgehead atoms. The summed E-state index contributed by atoms with van der Waals surface area (Å²) in [4.78, 5) is 52.5. The minimum atomic E-state index is -2.94. The van der Waals surface area contributed by atoms with Gasteiger partial charge in [0.05, 0.1) is 27.4 Å². The van der Waals surface area contributed by atoms with Crippen LogP contribution in [-0.2, 0) is 46.0 Å². The number of aromatic nitrogens is 1. The Morgan fingerprint density at radius 2 is 1.78 bits per heavy atom. The summed E-state index contributed by atoms with van der Waals surface area (Å²) in [6.07, 6.45) is 4.04. The number of ether oxygens (including phenoxy) is 4. The van der Waals surface area contributed by atoms with E-state index in [1.54, 1.807) is 0 Å². The normalized spacial score (nSPS) is 35.8. The molecule has 2 aromatic carbocycles. The van der Waals surface area contributed by atoms with Gasteiger partial charge in [-0.2, -0.15) is 0 Å². The van der Waals surface area contributed by atoms with Gasteiger partial charge in [0.2, 0.25) is 11.5 Å².